The van der Waals surface area contributed by atoms with E-state index in [0.717, 1.165) is 29.7 Å². The molecule has 10 heteroatoms. The van der Waals surface area contributed by atoms with Crippen molar-refractivity contribution in [3.05, 3.63) is 52.6 Å². The number of aryl methyl sites for hydroxylation is 1. The molecule has 3 aromatic rings. The molecular formula is C18H21F3IN5S. The summed E-state index contributed by atoms with van der Waals surface area (Å²) >= 11 is 0.977. The van der Waals surface area contributed by atoms with Crippen molar-refractivity contribution in [2.45, 2.75) is 25.7 Å². The molecule has 2 aromatic heterocycles. The first kappa shape index (κ1) is 22.5. The molecule has 0 fully saturated rings. The first-order valence-corrected chi connectivity index (χ1v) is 9.35. The Labute approximate surface area is 182 Å². The summed E-state index contributed by atoms with van der Waals surface area (Å²) in [6.45, 7) is 1.75. The van der Waals surface area contributed by atoms with Crippen LogP contribution in [-0.2, 0) is 19.3 Å². The lowest BCUT2D eigenvalue weighted by Gasteiger charge is -2.11. The molecule has 0 spiro atoms. The quantitative estimate of drug-likeness (QED) is 0.217. The van der Waals surface area contributed by atoms with Gasteiger partial charge in [-0.1, -0.05) is 18.2 Å². The molecule has 0 saturated heterocycles. The number of aromatic nitrogens is 2. The van der Waals surface area contributed by atoms with Gasteiger partial charge in [0.2, 0.25) is 0 Å². The average molecular weight is 523 g/mol. The number of nitrogens with one attached hydrogen (secondary N) is 2. The van der Waals surface area contributed by atoms with Crippen LogP contribution >= 0.6 is 35.3 Å². The summed E-state index contributed by atoms with van der Waals surface area (Å²) in [5.74, 6) is 0.538. The summed E-state index contributed by atoms with van der Waals surface area (Å²) in [6, 6.07) is 10.3. The van der Waals surface area contributed by atoms with E-state index in [9.17, 15) is 13.2 Å². The minimum absolute atomic E-state index is 0. The van der Waals surface area contributed by atoms with Crippen LogP contribution in [0, 0.1) is 0 Å². The number of halogens is 4. The SMILES string of the molecule is CN=C(NCCCn1ccc2ccccc21)NCc1nc(C(F)(F)F)cs1.I. The number of rotatable bonds is 6. The number of para-hydroxylation sites is 1. The Morgan fingerprint density at radius 2 is 2.00 bits per heavy atom. The third-order valence-corrected chi connectivity index (χ3v) is 4.87. The molecule has 5 nitrogen and oxygen atoms in total. The summed E-state index contributed by atoms with van der Waals surface area (Å²) < 4.78 is 39.9. The number of guanidine groups is 1. The highest BCUT2D eigenvalue weighted by molar-refractivity contribution is 14.0. The molecule has 0 aliphatic rings. The molecule has 0 atom stereocenters. The summed E-state index contributed by atoms with van der Waals surface area (Å²) in [7, 11) is 1.62. The first-order valence-electron chi connectivity index (χ1n) is 8.47. The van der Waals surface area contributed by atoms with Gasteiger partial charge in [0.05, 0.1) is 6.54 Å². The zero-order valence-corrected chi connectivity index (χ0v) is 18.3. The summed E-state index contributed by atoms with van der Waals surface area (Å²) in [5, 5.41) is 8.75. The summed E-state index contributed by atoms with van der Waals surface area (Å²) in [5.41, 5.74) is 0.343. The van der Waals surface area contributed by atoms with Crippen LogP contribution in [0.2, 0.25) is 0 Å². The van der Waals surface area contributed by atoms with Crippen LogP contribution < -0.4 is 10.6 Å². The molecule has 0 saturated carbocycles. The van der Waals surface area contributed by atoms with Gasteiger partial charge in [-0.05, 0) is 23.9 Å². The van der Waals surface area contributed by atoms with Crippen LogP contribution in [0.15, 0.2) is 46.9 Å². The highest BCUT2D eigenvalue weighted by atomic mass is 127. The fourth-order valence-corrected chi connectivity index (χ4v) is 3.43. The number of thiazole rings is 1. The molecular weight excluding hydrogens is 502 g/mol. The highest BCUT2D eigenvalue weighted by Crippen LogP contribution is 2.29. The van der Waals surface area contributed by atoms with Crippen molar-refractivity contribution in [1.82, 2.24) is 20.2 Å². The van der Waals surface area contributed by atoms with Crippen LogP contribution in [0.5, 0.6) is 0 Å². The molecule has 2 N–H and O–H groups in total. The molecule has 0 bridgehead atoms. The molecule has 0 aliphatic heterocycles. The second kappa shape index (κ2) is 10.1. The zero-order valence-electron chi connectivity index (χ0n) is 15.2. The number of nitrogens with zero attached hydrogens (tertiary/aromatic N) is 3. The van der Waals surface area contributed by atoms with E-state index in [-0.39, 0.29) is 30.5 Å². The smallest absolute Gasteiger partial charge is 0.356 e. The maximum Gasteiger partial charge on any atom is 0.434 e. The lowest BCUT2D eigenvalue weighted by atomic mass is 10.2. The van der Waals surface area contributed by atoms with Crippen molar-refractivity contribution < 1.29 is 13.2 Å². The molecule has 0 unspecified atom stereocenters. The van der Waals surface area contributed by atoms with Gasteiger partial charge in [-0.25, -0.2) is 4.98 Å². The van der Waals surface area contributed by atoms with E-state index in [2.05, 4.69) is 49.6 Å². The number of hydrogen-bond acceptors (Lipinski definition) is 3. The van der Waals surface area contributed by atoms with Gasteiger partial charge in [0.15, 0.2) is 11.7 Å². The topological polar surface area (TPSA) is 54.2 Å². The van der Waals surface area contributed by atoms with Gasteiger partial charge in [0, 0.05) is 37.2 Å². The molecule has 1 aromatic carbocycles. The van der Waals surface area contributed by atoms with Gasteiger partial charge in [-0.2, -0.15) is 13.2 Å². The van der Waals surface area contributed by atoms with E-state index in [1.54, 1.807) is 7.05 Å². The molecule has 0 radical (unpaired) electrons. The van der Waals surface area contributed by atoms with Gasteiger partial charge in [-0.15, -0.1) is 35.3 Å². The number of alkyl halides is 3. The van der Waals surface area contributed by atoms with Gasteiger partial charge in [0.1, 0.15) is 5.01 Å². The average Bonchev–Trinajstić information content (AvgIpc) is 3.28. The van der Waals surface area contributed by atoms with Gasteiger partial charge < -0.3 is 15.2 Å². The maximum atomic E-state index is 12.6. The normalized spacial score (nSPS) is 12.1. The molecule has 2 heterocycles. The van der Waals surface area contributed by atoms with Crippen LogP contribution in [0.25, 0.3) is 10.9 Å². The van der Waals surface area contributed by atoms with E-state index in [1.165, 1.54) is 10.9 Å². The van der Waals surface area contributed by atoms with E-state index in [0.29, 0.717) is 17.5 Å². The molecule has 0 aliphatic carbocycles. The summed E-state index contributed by atoms with van der Waals surface area (Å²) in [4.78, 5) is 7.68. The van der Waals surface area contributed by atoms with Gasteiger partial charge in [-0.3, -0.25) is 4.99 Å². The Morgan fingerprint density at radius 3 is 2.71 bits per heavy atom. The molecule has 28 heavy (non-hydrogen) atoms. The largest absolute Gasteiger partial charge is 0.434 e. The minimum Gasteiger partial charge on any atom is -0.356 e. The van der Waals surface area contributed by atoms with E-state index < -0.39 is 11.9 Å². The van der Waals surface area contributed by atoms with Crippen LogP contribution in [-0.4, -0.2) is 29.1 Å². The first-order chi connectivity index (χ1) is 13.0. The summed E-state index contributed by atoms with van der Waals surface area (Å²) in [6.07, 6.45) is -1.45. The number of benzene rings is 1. The predicted octanol–water partition coefficient (Wildman–Crippen LogP) is 4.49. The Hall–Kier alpha value is -1.82. The highest BCUT2D eigenvalue weighted by Gasteiger charge is 2.33. The van der Waals surface area contributed by atoms with Crippen molar-refractivity contribution >= 4 is 52.2 Å². The van der Waals surface area contributed by atoms with E-state index in [4.69, 9.17) is 0 Å². The Balaban J connectivity index is 0.00000280. The zero-order chi connectivity index (χ0) is 19.3. The van der Waals surface area contributed by atoms with E-state index in [1.807, 2.05) is 12.1 Å². The Kier molecular flexibility index (Phi) is 8.10. The van der Waals surface area contributed by atoms with E-state index >= 15 is 0 Å². The number of fused-ring (bicyclic) bond motifs is 1. The second-order valence-corrected chi connectivity index (χ2v) is 6.84. The fraction of sp³-hybridized carbons (Fsp3) is 0.333. The maximum absolute atomic E-state index is 12.6. The van der Waals surface area contributed by atoms with Crippen molar-refractivity contribution in [2.75, 3.05) is 13.6 Å². The fourth-order valence-electron chi connectivity index (χ4n) is 2.69. The van der Waals surface area contributed by atoms with Crippen molar-refractivity contribution in [3.8, 4) is 0 Å². The minimum atomic E-state index is -4.41. The molecule has 3 rings (SSSR count). The third-order valence-electron chi connectivity index (χ3n) is 4.02. The van der Waals surface area contributed by atoms with Gasteiger partial charge >= 0.3 is 6.18 Å². The molecule has 0 amide bonds. The lowest BCUT2D eigenvalue weighted by molar-refractivity contribution is -0.140. The van der Waals surface area contributed by atoms with Crippen LogP contribution in [0.3, 0.4) is 0 Å². The van der Waals surface area contributed by atoms with Crippen LogP contribution in [0.4, 0.5) is 13.2 Å². The Bertz CT molecular complexity index is 919. The monoisotopic (exact) mass is 523 g/mol. The van der Waals surface area contributed by atoms with Crippen molar-refractivity contribution in [3.63, 3.8) is 0 Å². The Morgan fingerprint density at radius 1 is 1.21 bits per heavy atom. The van der Waals surface area contributed by atoms with Crippen LogP contribution in [0.1, 0.15) is 17.1 Å². The van der Waals surface area contributed by atoms with Crippen molar-refractivity contribution in [1.29, 1.82) is 0 Å². The number of aliphatic imine (C=N–C) groups is 1. The standard InChI is InChI=1S/C18H20F3N5S.HI/c1-22-17(24-11-16-25-15(12-27-16)18(19,20)21)23-8-4-9-26-10-7-13-5-2-3-6-14(13)26;/h2-3,5-7,10,12H,4,8-9,11H2,1H3,(H2,22,23,24);1H. The molecule has 152 valence electrons. The third kappa shape index (κ3) is 5.84. The lowest BCUT2D eigenvalue weighted by Crippen LogP contribution is -2.37. The predicted molar refractivity (Wildman–Crippen MR) is 117 cm³/mol. The van der Waals surface area contributed by atoms with Gasteiger partial charge in [0.25, 0.3) is 0 Å². The second-order valence-electron chi connectivity index (χ2n) is 5.90. The van der Waals surface area contributed by atoms with Crippen molar-refractivity contribution in [2.24, 2.45) is 4.99 Å². The number of hydrogen-bond donors (Lipinski definition) is 2.